The van der Waals surface area contributed by atoms with Gasteiger partial charge in [-0.15, -0.1) is 0 Å². The van der Waals surface area contributed by atoms with Crippen LogP contribution in [-0.4, -0.2) is 47.0 Å². The van der Waals surface area contributed by atoms with Crippen molar-refractivity contribution in [2.24, 2.45) is 0 Å². The highest BCUT2D eigenvalue weighted by Crippen LogP contribution is 2.23. The molecular weight excluding hydrogens is 328 g/mol. The van der Waals surface area contributed by atoms with E-state index in [1.807, 2.05) is 56.0 Å². The number of piperazine rings is 1. The van der Waals surface area contributed by atoms with Crippen molar-refractivity contribution in [2.45, 2.75) is 20.8 Å². The number of nitrogens with zero attached hydrogens (tertiary/aromatic N) is 4. The highest BCUT2D eigenvalue weighted by Gasteiger charge is 2.25. The number of hydrogen-bond donors (Lipinski definition) is 0. The number of aromatic nitrogens is 2. The molecule has 0 aliphatic carbocycles. The van der Waals surface area contributed by atoms with E-state index in [4.69, 9.17) is 4.42 Å². The Labute approximate surface area is 152 Å². The van der Waals surface area contributed by atoms with E-state index in [9.17, 15) is 4.79 Å². The number of fused-ring (bicyclic) bond motifs is 1. The highest BCUT2D eigenvalue weighted by molar-refractivity contribution is 5.96. The first-order valence-electron chi connectivity index (χ1n) is 8.87. The van der Waals surface area contributed by atoms with Gasteiger partial charge in [-0.1, -0.05) is 12.1 Å². The van der Waals surface area contributed by atoms with Gasteiger partial charge in [0, 0.05) is 37.4 Å². The highest BCUT2D eigenvalue weighted by atomic mass is 16.4. The predicted octanol–water partition coefficient (Wildman–Crippen LogP) is 3.11. The van der Waals surface area contributed by atoms with Crippen molar-refractivity contribution in [2.75, 3.05) is 31.1 Å². The maximum Gasteiger partial charge on any atom is 0.300 e. The number of rotatable bonds is 2. The fourth-order valence-electron chi connectivity index (χ4n) is 3.29. The first-order valence-corrected chi connectivity index (χ1v) is 8.87. The quantitative estimate of drug-likeness (QED) is 0.711. The van der Waals surface area contributed by atoms with Crippen molar-refractivity contribution in [3.05, 3.63) is 52.7 Å². The average Bonchev–Trinajstić information content (AvgIpc) is 3.07. The van der Waals surface area contributed by atoms with Crippen LogP contribution in [0.1, 0.15) is 27.2 Å². The van der Waals surface area contributed by atoms with Crippen LogP contribution in [0.25, 0.3) is 11.2 Å². The molecule has 4 rings (SSSR count). The second kappa shape index (κ2) is 6.44. The summed E-state index contributed by atoms with van der Waals surface area (Å²) in [6.07, 6.45) is 0. The number of carbonyl (C=O) groups excluding carboxylic acids is 1. The van der Waals surface area contributed by atoms with E-state index in [-0.39, 0.29) is 5.91 Å². The molecule has 26 heavy (non-hydrogen) atoms. The van der Waals surface area contributed by atoms with Gasteiger partial charge in [-0.25, -0.2) is 4.98 Å². The van der Waals surface area contributed by atoms with Crippen molar-refractivity contribution in [1.82, 2.24) is 14.9 Å². The van der Waals surface area contributed by atoms with Crippen LogP contribution in [0.2, 0.25) is 0 Å². The van der Waals surface area contributed by atoms with Gasteiger partial charge in [-0.05, 0) is 50.1 Å². The summed E-state index contributed by atoms with van der Waals surface area (Å²) in [6, 6.07) is 10.3. The summed E-state index contributed by atoms with van der Waals surface area (Å²) in [5, 5.41) is 0. The molecular formula is C20H22N4O2. The van der Waals surface area contributed by atoms with E-state index in [0.717, 1.165) is 22.4 Å². The molecule has 0 bridgehead atoms. The second-order valence-electron chi connectivity index (χ2n) is 6.80. The Kier molecular flexibility index (Phi) is 4.11. The first-order chi connectivity index (χ1) is 12.5. The van der Waals surface area contributed by atoms with Gasteiger partial charge in [-0.2, -0.15) is 4.98 Å². The van der Waals surface area contributed by atoms with Gasteiger partial charge in [0.25, 0.3) is 11.9 Å². The Hall–Kier alpha value is -2.89. The average molecular weight is 350 g/mol. The third-order valence-corrected chi connectivity index (χ3v) is 5.05. The van der Waals surface area contributed by atoms with E-state index in [1.165, 1.54) is 0 Å². The zero-order chi connectivity index (χ0) is 18.3. The number of oxazole rings is 1. The molecule has 0 unspecified atom stereocenters. The molecule has 0 atom stereocenters. The monoisotopic (exact) mass is 350 g/mol. The van der Waals surface area contributed by atoms with Gasteiger partial charge in [0.15, 0.2) is 5.58 Å². The summed E-state index contributed by atoms with van der Waals surface area (Å²) in [5.74, 6) is 0.0979. The summed E-state index contributed by atoms with van der Waals surface area (Å²) in [6.45, 7) is 8.67. The molecule has 1 aliphatic rings. The Morgan fingerprint density at radius 2 is 1.77 bits per heavy atom. The maximum atomic E-state index is 12.9. The molecule has 1 aromatic carbocycles. The molecule has 134 valence electrons. The molecule has 1 aliphatic heterocycles. The Morgan fingerprint density at radius 1 is 1.00 bits per heavy atom. The van der Waals surface area contributed by atoms with Crippen LogP contribution in [0.5, 0.6) is 0 Å². The number of amides is 1. The standard InChI is InChI=1S/C20H22N4O2/c1-13-5-4-6-16(15(13)3)19(25)23-9-11-24(12-10-23)20-22-18-17(26-20)8-7-14(2)21-18/h4-8H,9-12H2,1-3H3. The van der Waals surface area contributed by atoms with Crippen LogP contribution in [-0.2, 0) is 0 Å². The van der Waals surface area contributed by atoms with Crippen molar-refractivity contribution in [1.29, 1.82) is 0 Å². The van der Waals surface area contributed by atoms with Crippen LogP contribution < -0.4 is 4.90 Å². The summed E-state index contributed by atoms with van der Waals surface area (Å²) in [4.78, 5) is 25.7. The molecule has 0 saturated carbocycles. The van der Waals surface area contributed by atoms with E-state index < -0.39 is 0 Å². The van der Waals surface area contributed by atoms with Gasteiger partial charge >= 0.3 is 0 Å². The Balaban J connectivity index is 1.48. The van der Waals surface area contributed by atoms with Gasteiger partial charge in [0.05, 0.1) is 0 Å². The molecule has 1 fully saturated rings. The van der Waals surface area contributed by atoms with E-state index in [2.05, 4.69) is 14.9 Å². The van der Waals surface area contributed by atoms with Crippen molar-refractivity contribution in [3.63, 3.8) is 0 Å². The summed E-state index contributed by atoms with van der Waals surface area (Å²) >= 11 is 0. The topological polar surface area (TPSA) is 62.5 Å². The molecule has 3 heterocycles. The second-order valence-corrected chi connectivity index (χ2v) is 6.80. The lowest BCUT2D eigenvalue weighted by atomic mass is 10.0. The number of carbonyl (C=O) groups is 1. The zero-order valence-electron chi connectivity index (χ0n) is 15.3. The fourth-order valence-corrected chi connectivity index (χ4v) is 3.29. The van der Waals surface area contributed by atoms with Crippen LogP contribution >= 0.6 is 0 Å². The maximum absolute atomic E-state index is 12.9. The molecule has 0 radical (unpaired) electrons. The Bertz CT molecular complexity index is 971. The lowest BCUT2D eigenvalue weighted by molar-refractivity contribution is 0.0744. The molecule has 2 aromatic heterocycles. The summed E-state index contributed by atoms with van der Waals surface area (Å²) in [5.41, 5.74) is 5.23. The van der Waals surface area contributed by atoms with Gasteiger partial charge < -0.3 is 14.2 Å². The van der Waals surface area contributed by atoms with Crippen molar-refractivity contribution < 1.29 is 9.21 Å². The van der Waals surface area contributed by atoms with Gasteiger partial charge in [0.1, 0.15) is 0 Å². The minimum absolute atomic E-state index is 0.0979. The summed E-state index contributed by atoms with van der Waals surface area (Å²) < 4.78 is 5.83. The number of pyridine rings is 1. The summed E-state index contributed by atoms with van der Waals surface area (Å²) in [7, 11) is 0. The predicted molar refractivity (Wildman–Crippen MR) is 101 cm³/mol. The third kappa shape index (κ3) is 2.92. The Morgan fingerprint density at radius 3 is 2.54 bits per heavy atom. The van der Waals surface area contributed by atoms with E-state index in [0.29, 0.717) is 43.4 Å². The van der Waals surface area contributed by atoms with Crippen LogP contribution in [0.15, 0.2) is 34.7 Å². The smallest absolute Gasteiger partial charge is 0.300 e. The molecule has 1 amide bonds. The number of aryl methyl sites for hydroxylation is 2. The zero-order valence-corrected chi connectivity index (χ0v) is 15.3. The lowest BCUT2D eigenvalue weighted by Gasteiger charge is -2.34. The third-order valence-electron chi connectivity index (χ3n) is 5.05. The molecule has 6 heteroatoms. The minimum Gasteiger partial charge on any atom is -0.422 e. The van der Waals surface area contributed by atoms with Gasteiger partial charge in [-0.3, -0.25) is 4.79 Å². The van der Waals surface area contributed by atoms with Crippen LogP contribution in [0, 0.1) is 20.8 Å². The van der Waals surface area contributed by atoms with Crippen LogP contribution in [0.4, 0.5) is 6.01 Å². The van der Waals surface area contributed by atoms with Crippen molar-refractivity contribution in [3.8, 4) is 0 Å². The number of hydrogen-bond acceptors (Lipinski definition) is 5. The number of anilines is 1. The normalized spacial score (nSPS) is 14.9. The minimum atomic E-state index is 0.0979. The van der Waals surface area contributed by atoms with E-state index in [1.54, 1.807) is 0 Å². The molecule has 3 aromatic rings. The largest absolute Gasteiger partial charge is 0.422 e. The molecule has 6 nitrogen and oxygen atoms in total. The first kappa shape index (κ1) is 16.6. The molecule has 0 spiro atoms. The molecule has 0 N–H and O–H groups in total. The van der Waals surface area contributed by atoms with Crippen LogP contribution in [0.3, 0.4) is 0 Å². The van der Waals surface area contributed by atoms with E-state index >= 15 is 0 Å². The van der Waals surface area contributed by atoms with Crippen molar-refractivity contribution >= 4 is 23.2 Å². The molecule has 1 saturated heterocycles. The van der Waals surface area contributed by atoms with Gasteiger partial charge in [0.2, 0.25) is 5.65 Å². The lowest BCUT2D eigenvalue weighted by Crippen LogP contribution is -2.49. The fraction of sp³-hybridized carbons (Fsp3) is 0.350. The number of benzene rings is 1. The SMILES string of the molecule is Cc1ccc2oc(N3CCN(C(=O)c4cccc(C)c4C)CC3)nc2n1.